The molecule has 0 unspecified atom stereocenters. The summed E-state index contributed by atoms with van der Waals surface area (Å²) in [6.07, 6.45) is 1.04. The third kappa shape index (κ3) is 4.78. The molecule has 1 aromatic heterocycles. The smallest absolute Gasteiger partial charge is 0.338 e. The molecule has 0 aliphatic heterocycles. The number of carbonyl (C=O) groups excluding carboxylic acids is 1. The Balaban J connectivity index is 2.06. The average Bonchev–Trinajstić information content (AvgIpc) is 3.16. The summed E-state index contributed by atoms with van der Waals surface area (Å²) in [6.45, 7) is 0. The Labute approximate surface area is 198 Å². The van der Waals surface area contributed by atoms with Crippen LogP contribution >= 0.6 is 0 Å². The number of aromatic carboxylic acids is 1. The Kier molecular flexibility index (Phi) is 6.16. The van der Waals surface area contributed by atoms with Crippen LogP contribution in [-0.2, 0) is 15.6 Å². The summed E-state index contributed by atoms with van der Waals surface area (Å²) in [4.78, 5) is 24.3. The number of sulfone groups is 1. The maximum absolute atomic E-state index is 14.0. The third-order valence-electron chi connectivity index (χ3n) is 5.40. The van der Waals surface area contributed by atoms with Crippen LogP contribution in [0.15, 0.2) is 59.0 Å². The molecular weight excluding hydrogens is 480 g/mol. The number of benzene rings is 3. The summed E-state index contributed by atoms with van der Waals surface area (Å²) < 4.78 is 57.7. The van der Waals surface area contributed by atoms with Crippen molar-refractivity contribution >= 4 is 32.7 Å². The Morgan fingerprint density at radius 1 is 1.00 bits per heavy atom. The molecule has 10 heteroatoms. The van der Waals surface area contributed by atoms with Crippen molar-refractivity contribution in [3.63, 3.8) is 0 Å². The first-order chi connectivity index (χ1) is 16.5. The second-order valence-corrected chi connectivity index (χ2v) is 10.1. The number of nitrogens with one attached hydrogen (secondary N) is 1. The molecule has 0 bridgehead atoms. The van der Waals surface area contributed by atoms with Gasteiger partial charge in [-0.3, -0.25) is 4.79 Å². The Morgan fingerprint density at radius 3 is 2.26 bits per heavy atom. The van der Waals surface area contributed by atoms with Gasteiger partial charge in [0.05, 0.1) is 16.9 Å². The fraction of sp³-hybridized carbons (Fsp3) is 0.120. The first-order valence-corrected chi connectivity index (χ1v) is 12.3. The van der Waals surface area contributed by atoms with Crippen molar-refractivity contribution in [1.29, 1.82) is 0 Å². The van der Waals surface area contributed by atoms with E-state index in [9.17, 15) is 31.9 Å². The van der Waals surface area contributed by atoms with E-state index < -0.39 is 44.7 Å². The van der Waals surface area contributed by atoms with Crippen molar-refractivity contribution in [2.45, 2.75) is 5.75 Å². The molecule has 0 aliphatic carbocycles. The van der Waals surface area contributed by atoms with Crippen LogP contribution < -0.4 is 5.32 Å². The Hall–Kier alpha value is -4.05. The molecule has 1 amide bonds. The SMILES string of the molecule is CNC(=O)c1c(-c2ccc(F)cc2)oc2cc(CS(C)(=O)=O)c(-c3ccc(F)c(C(=O)O)c3)cc12. The number of rotatable bonds is 6. The quantitative estimate of drug-likeness (QED) is 0.399. The lowest BCUT2D eigenvalue weighted by Crippen LogP contribution is -2.18. The number of hydrogen-bond donors (Lipinski definition) is 2. The van der Waals surface area contributed by atoms with E-state index in [0.29, 0.717) is 16.5 Å². The average molecular weight is 499 g/mol. The van der Waals surface area contributed by atoms with E-state index >= 15 is 0 Å². The van der Waals surface area contributed by atoms with Gasteiger partial charge in [-0.2, -0.15) is 0 Å². The normalized spacial score (nSPS) is 11.5. The molecule has 0 saturated carbocycles. The molecule has 180 valence electrons. The fourth-order valence-electron chi connectivity index (χ4n) is 3.87. The van der Waals surface area contributed by atoms with E-state index in [0.717, 1.165) is 18.4 Å². The molecule has 35 heavy (non-hydrogen) atoms. The highest BCUT2D eigenvalue weighted by Crippen LogP contribution is 2.38. The van der Waals surface area contributed by atoms with E-state index in [1.807, 2.05) is 0 Å². The number of halogens is 2. The molecule has 0 saturated heterocycles. The monoisotopic (exact) mass is 499 g/mol. The third-order valence-corrected chi connectivity index (χ3v) is 6.24. The second kappa shape index (κ2) is 8.95. The van der Waals surface area contributed by atoms with Crippen LogP contribution in [0, 0.1) is 11.6 Å². The van der Waals surface area contributed by atoms with E-state index in [4.69, 9.17) is 4.42 Å². The molecular formula is C25H19F2NO6S. The van der Waals surface area contributed by atoms with Crippen LogP contribution in [0.4, 0.5) is 8.78 Å². The van der Waals surface area contributed by atoms with Crippen LogP contribution in [0.1, 0.15) is 26.3 Å². The van der Waals surface area contributed by atoms with Gasteiger partial charge in [-0.15, -0.1) is 0 Å². The van der Waals surface area contributed by atoms with Crippen molar-refractivity contribution in [2.24, 2.45) is 0 Å². The zero-order valence-corrected chi connectivity index (χ0v) is 19.4. The van der Waals surface area contributed by atoms with Crippen LogP contribution in [0.5, 0.6) is 0 Å². The van der Waals surface area contributed by atoms with Gasteiger partial charge in [0.15, 0.2) is 9.84 Å². The van der Waals surface area contributed by atoms with Crippen molar-refractivity contribution < 1.29 is 36.3 Å². The highest BCUT2D eigenvalue weighted by Gasteiger charge is 2.25. The van der Waals surface area contributed by atoms with Gasteiger partial charge in [0.2, 0.25) is 0 Å². The summed E-state index contributed by atoms with van der Waals surface area (Å²) in [6, 6.07) is 11.7. The zero-order valence-electron chi connectivity index (χ0n) is 18.6. The van der Waals surface area contributed by atoms with E-state index in [1.54, 1.807) is 0 Å². The summed E-state index contributed by atoms with van der Waals surface area (Å²) in [7, 11) is -2.12. The Morgan fingerprint density at radius 2 is 1.66 bits per heavy atom. The minimum absolute atomic E-state index is 0.127. The zero-order chi connectivity index (χ0) is 25.5. The summed E-state index contributed by atoms with van der Waals surface area (Å²) in [5.74, 6) is -3.68. The largest absolute Gasteiger partial charge is 0.478 e. The van der Waals surface area contributed by atoms with Crippen molar-refractivity contribution in [3.05, 3.63) is 82.9 Å². The number of furan rings is 1. The minimum atomic E-state index is -3.55. The molecule has 7 nitrogen and oxygen atoms in total. The number of fused-ring (bicyclic) bond motifs is 1. The predicted molar refractivity (Wildman–Crippen MR) is 126 cm³/mol. The molecule has 0 spiro atoms. The van der Waals surface area contributed by atoms with E-state index in [1.165, 1.54) is 49.5 Å². The van der Waals surface area contributed by atoms with Gasteiger partial charge in [0.1, 0.15) is 23.0 Å². The number of carboxylic acid groups (broad SMARTS) is 1. The molecule has 0 aliphatic rings. The minimum Gasteiger partial charge on any atom is -0.478 e. The maximum Gasteiger partial charge on any atom is 0.338 e. The van der Waals surface area contributed by atoms with Crippen molar-refractivity contribution in [3.8, 4) is 22.5 Å². The first-order valence-electron chi connectivity index (χ1n) is 10.3. The highest BCUT2D eigenvalue weighted by molar-refractivity contribution is 7.89. The summed E-state index contributed by atoms with van der Waals surface area (Å²) in [5.41, 5.74) is 0.971. The number of hydrogen-bond acceptors (Lipinski definition) is 5. The molecule has 4 aromatic rings. The van der Waals surface area contributed by atoms with Crippen LogP contribution in [0.25, 0.3) is 33.4 Å². The molecule has 0 fully saturated rings. The molecule has 4 rings (SSSR count). The van der Waals surface area contributed by atoms with Crippen molar-refractivity contribution in [2.75, 3.05) is 13.3 Å². The second-order valence-electron chi connectivity index (χ2n) is 7.97. The van der Waals surface area contributed by atoms with Gasteiger partial charge in [0, 0.05) is 24.3 Å². The van der Waals surface area contributed by atoms with Crippen LogP contribution in [0.2, 0.25) is 0 Å². The molecule has 2 N–H and O–H groups in total. The maximum atomic E-state index is 14.0. The number of carbonyl (C=O) groups is 2. The van der Waals surface area contributed by atoms with Gasteiger partial charge in [-0.05, 0) is 65.2 Å². The number of carboxylic acids is 1. The van der Waals surface area contributed by atoms with Gasteiger partial charge in [-0.1, -0.05) is 6.07 Å². The van der Waals surface area contributed by atoms with E-state index in [-0.39, 0.29) is 28.0 Å². The lowest BCUT2D eigenvalue weighted by atomic mass is 9.95. The standard InChI is InChI=1S/C25H19F2NO6S/c1-28-24(29)22-19-11-17(14-5-8-20(27)18(9-14)25(30)31)15(12-35(2,32)33)10-21(19)34-23(22)13-3-6-16(26)7-4-13/h3-11H,12H2,1-2H3,(H,28,29)(H,30,31). The topological polar surface area (TPSA) is 114 Å². The highest BCUT2D eigenvalue weighted by atomic mass is 32.2. The summed E-state index contributed by atoms with van der Waals surface area (Å²) >= 11 is 0. The van der Waals surface area contributed by atoms with E-state index in [2.05, 4.69) is 5.32 Å². The Bertz CT molecular complexity index is 1590. The van der Waals surface area contributed by atoms with Gasteiger partial charge < -0.3 is 14.8 Å². The van der Waals surface area contributed by atoms with Gasteiger partial charge in [-0.25, -0.2) is 22.0 Å². The molecule has 0 atom stereocenters. The first kappa shape index (κ1) is 24.1. The predicted octanol–water partition coefficient (Wildman–Crippen LogP) is 4.65. The lowest BCUT2D eigenvalue weighted by molar-refractivity contribution is 0.0691. The van der Waals surface area contributed by atoms with Gasteiger partial charge in [0.25, 0.3) is 5.91 Å². The lowest BCUT2D eigenvalue weighted by Gasteiger charge is -2.11. The number of amides is 1. The van der Waals surface area contributed by atoms with Gasteiger partial charge >= 0.3 is 5.97 Å². The van der Waals surface area contributed by atoms with Crippen LogP contribution in [-0.4, -0.2) is 38.7 Å². The van der Waals surface area contributed by atoms with Crippen molar-refractivity contribution in [1.82, 2.24) is 5.32 Å². The fourth-order valence-corrected chi connectivity index (χ4v) is 4.67. The summed E-state index contributed by atoms with van der Waals surface area (Å²) in [5, 5.41) is 12.2. The molecule has 3 aromatic carbocycles. The molecule has 1 heterocycles. The molecule has 0 radical (unpaired) electrons. The van der Waals surface area contributed by atoms with Crippen LogP contribution in [0.3, 0.4) is 0 Å².